The second-order valence-electron chi connectivity index (χ2n) is 6.44. The van der Waals surface area contributed by atoms with Gasteiger partial charge in [-0.2, -0.15) is 0 Å². The van der Waals surface area contributed by atoms with Crippen molar-refractivity contribution in [2.45, 2.75) is 32.4 Å². The van der Waals surface area contributed by atoms with E-state index in [0.717, 1.165) is 31.1 Å². The molecule has 0 saturated heterocycles. The smallest absolute Gasteiger partial charge is 0.161 e. The lowest BCUT2D eigenvalue weighted by molar-refractivity contribution is 0.0653. The Kier molecular flexibility index (Phi) is 4.89. The first-order valence-corrected chi connectivity index (χ1v) is 7.26. The van der Waals surface area contributed by atoms with Crippen molar-refractivity contribution in [2.24, 2.45) is 0 Å². The lowest BCUT2D eigenvalue weighted by atomic mass is 10.1. The Morgan fingerprint density at radius 2 is 1.95 bits per heavy atom. The minimum atomic E-state index is 0.101. The summed E-state index contributed by atoms with van der Waals surface area (Å²) < 4.78 is 11.7. The van der Waals surface area contributed by atoms with Gasteiger partial charge >= 0.3 is 0 Å². The highest BCUT2D eigenvalue weighted by Gasteiger charge is 2.21. The van der Waals surface area contributed by atoms with Gasteiger partial charge in [0, 0.05) is 25.2 Å². The van der Waals surface area contributed by atoms with Crippen molar-refractivity contribution < 1.29 is 9.47 Å². The average Bonchev–Trinajstić information content (AvgIpc) is 2.37. The second-order valence-corrected chi connectivity index (χ2v) is 6.44. The van der Waals surface area contributed by atoms with E-state index >= 15 is 0 Å². The predicted octanol–water partition coefficient (Wildman–Crippen LogP) is 2.15. The van der Waals surface area contributed by atoms with Crippen molar-refractivity contribution in [2.75, 3.05) is 33.3 Å². The Bertz CT molecular complexity index is 429. The lowest BCUT2D eigenvalue weighted by Gasteiger charge is -2.30. The van der Waals surface area contributed by atoms with E-state index in [0.29, 0.717) is 6.61 Å². The molecular weight excluding hydrogens is 252 g/mol. The van der Waals surface area contributed by atoms with Crippen LogP contribution in [0.15, 0.2) is 24.3 Å². The van der Waals surface area contributed by atoms with Crippen molar-refractivity contribution in [1.29, 1.82) is 0 Å². The maximum Gasteiger partial charge on any atom is 0.161 e. The molecule has 4 nitrogen and oxygen atoms in total. The van der Waals surface area contributed by atoms with E-state index in [2.05, 4.69) is 38.0 Å². The van der Waals surface area contributed by atoms with E-state index in [9.17, 15) is 0 Å². The molecule has 0 aliphatic carbocycles. The SMILES string of the molecule is CN(CCNC(C)(C)C)CC1COc2ccccc2O1. The zero-order chi connectivity index (χ0) is 14.6. The van der Waals surface area contributed by atoms with Gasteiger partial charge in [0.05, 0.1) is 0 Å². The standard InChI is InChI=1S/C16H26N2O2/c1-16(2,3)17-9-10-18(4)11-13-12-19-14-7-5-6-8-15(14)20-13/h5-8,13,17H,9-12H2,1-4H3. The van der Waals surface area contributed by atoms with Crippen molar-refractivity contribution >= 4 is 0 Å². The molecule has 1 N–H and O–H groups in total. The minimum absolute atomic E-state index is 0.101. The number of nitrogens with zero attached hydrogens (tertiary/aromatic N) is 1. The minimum Gasteiger partial charge on any atom is -0.486 e. The van der Waals surface area contributed by atoms with Gasteiger partial charge in [0.15, 0.2) is 11.5 Å². The van der Waals surface area contributed by atoms with Crippen LogP contribution in [0.25, 0.3) is 0 Å². The van der Waals surface area contributed by atoms with Crippen LogP contribution in [0.4, 0.5) is 0 Å². The lowest BCUT2D eigenvalue weighted by Crippen LogP contribution is -2.44. The van der Waals surface area contributed by atoms with Gasteiger partial charge in [-0.15, -0.1) is 0 Å². The second kappa shape index (κ2) is 6.46. The molecule has 112 valence electrons. The van der Waals surface area contributed by atoms with E-state index < -0.39 is 0 Å². The highest BCUT2D eigenvalue weighted by atomic mass is 16.6. The first-order valence-electron chi connectivity index (χ1n) is 7.26. The van der Waals surface area contributed by atoms with Crippen LogP contribution < -0.4 is 14.8 Å². The molecule has 0 aromatic heterocycles. The molecule has 1 aromatic rings. The van der Waals surface area contributed by atoms with Crippen LogP contribution in [-0.4, -0.2) is 49.8 Å². The van der Waals surface area contributed by atoms with Gasteiger partial charge in [-0.1, -0.05) is 12.1 Å². The summed E-state index contributed by atoms with van der Waals surface area (Å²) in [5.74, 6) is 1.70. The van der Waals surface area contributed by atoms with Crippen LogP contribution in [0, 0.1) is 0 Å². The first-order chi connectivity index (χ1) is 9.44. The van der Waals surface area contributed by atoms with Gasteiger partial charge in [-0.05, 0) is 40.0 Å². The van der Waals surface area contributed by atoms with Crippen molar-refractivity contribution in [3.63, 3.8) is 0 Å². The quantitative estimate of drug-likeness (QED) is 0.895. The maximum atomic E-state index is 5.96. The normalized spacial score (nSPS) is 18.4. The molecular formula is C16H26N2O2. The number of hydrogen-bond acceptors (Lipinski definition) is 4. The summed E-state index contributed by atoms with van der Waals surface area (Å²) in [5.41, 5.74) is 0.171. The van der Waals surface area contributed by atoms with Crippen LogP contribution in [0.2, 0.25) is 0 Å². The zero-order valence-electron chi connectivity index (χ0n) is 13.0. The van der Waals surface area contributed by atoms with E-state index in [1.165, 1.54) is 0 Å². The summed E-state index contributed by atoms with van der Waals surface area (Å²) in [6, 6.07) is 7.85. The Balaban J connectivity index is 1.75. The Morgan fingerprint density at radius 3 is 2.65 bits per heavy atom. The van der Waals surface area contributed by atoms with Gasteiger partial charge < -0.3 is 19.7 Å². The largest absolute Gasteiger partial charge is 0.486 e. The molecule has 0 bridgehead atoms. The van der Waals surface area contributed by atoms with E-state index in [1.54, 1.807) is 0 Å². The van der Waals surface area contributed by atoms with Crippen LogP contribution >= 0.6 is 0 Å². The van der Waals surface area contributed by atoms with E-state index in [-0.39, 0.29) is 11.6 Å². The summed E-state index contributed by atoms with van der Waals surface area (Å²) in [6.45, 7) is 10.0. The number of rotatable bonds is 5. The summed E-state index contributed by atoms with van der Waals surface area (Å²) in [5, 5.41) is 3.49. The monoisotopic (exact) mass is 278 g/mol. The molecule has 1 heterocycles. The third-order valence-corrected chi connectivity index (χ3v) is 3.23. The summed E-state index contributed by atoms with van der Waals surface area (Å²) in [7, 11) is 2.12. The predicted molar refractivity (Wildman–Crippen MR) is 81.6 cm³/mol. The number of para-hydroxylation sites is 2. The number of hydrogen-bond donors (Lipinski definition) is 1. The number of ether oxygens (including phenoxy) is 2. The molecule has 20 heavy (non-hydrogen) atoms. The van der Waals surface area contributed by atoms with Crippen LogP contribution in [-0.2, 0) is 0 Å². The number of benzene rings is 1. The molecule has 1 aromatic carbocycles. The fraction of sp³-hybridized carbons (Fsp3) is 0.625. The van der Waals surface area contributed by atoms with Gasteiger partial charge in [-0.25, -0.2) is 0 Å². The summed E-state index contributed by atoms with van der Waals surface area (Å²) >= 11 is 0. The van der Waals surface area contributed by atoms with Crippen LogP contribution in [0.3, 0.4) is 0 Å². The highest BCUT2D eigenvalue weighted by Crippen LogP contribution is 2.30. The number of fused-ring (bicyclic) bond motifs is 1. The third-order valence-electron chi connectivity index (χ3n) is 3.23. The third kappa shape index (κ3) is 4.69. The first kappa shape index (κ1) is 15.1. The van der Waals surface area contributed by atoms with Gasteiger partial charge in [-0.3, -0.25) is 0 Å². The molecule has 1 atom stereocenters. The molecule has 1 aliphatic rings. The Hall–Kier alpha value is -1.26. The number of likely N-dealkylation sites (N-methyl/N-ethyl adjacent to an activating group) is 1. The molecule has 0 amide bonds. The molecule has 0 fully saturated rings. The Morgan fingerprint density at radius 1 is 1.25 bits per heavy atom. The van der Waals surface area contributed by atoms with Crippen molar-refractivity contribution in [1.82, 2.24) is 10.2 Å². The van der Waals surface area contributed by atoms with Gasteiger partial charge in [0.25, 0.3) is 0 Å². The van der Waals surface area contributed by atoms with Gasteiger partial charge in [0.2, 0.25) is 0 Å². The topological polar surface area (TPSA) is 33.7 Å². The molecule has 1 aliphatic heterocycles. The molecule has 1 unspecified atom stereocenters. The molecule has 0 radical (unpaired) electrons. The summed E-state index contributed by atoms with van der Waals surface area (Å²) in [4.78, 5) is 2.28. The fourth-order valence-electron chi connectivity index (χ4n) is 2.21. The van der Waals surface area contributed by atoms with Crippen LogP contribution in [0.1, 0.15) is 20.8 Å². The van der Waals surface area contributed by atoms with Crippen molar-refractivity contribution in [3.8, 4) is 11.5 Å². The molecule has 0 spiro atoms. The van der Waals surface area contributed by atoms with Crippen LogP contribution in [0.5, 0.6) is 11.5 Å². The molecule has 2 rings (SSSR count). The highest BCUT2D eigenvalue weighted by molar-refractivity contribution is 5.40. The van der Waals surface area contributed by atoms with E-state index in [4.69, 9.17) is 9.47 Å². The summed E-state index contributed by atoms with van der Waals surface area (Å²) in [6.07, 6.45) is 0.101. The average molecular weight is 278 g/mol. The molecule has 4 heteroatoms. The maximum absolute atomic E-state index is 5.96. The van der Waals surface area contributed by atoms with Gasteiger partial charge in [0.1, 0.15) is 12.7 Å². The molecule has 0 saturated carbocycles. The fourth-order valence-corrected chi connectivity index (χ4v) is 2.21. The number of nitrogens with one attached hydrogen (secondary N) is 1. The zero-order valence-corrected chi connectivity index (χ0v) is 13.0. The Labute approximate surface area is 122 Å². The van der Waals surface area contributed by atoms with E-state index in [1.807, 2.05) is 24.3 Å². The van der Waals surface area contributed by atoms with Crippen molar-refractivity contribution in [3.05, 3.63) is 24.3 Å².